The van der Waals surface area contributed by atoms with Crippen molar-refractivity contribution in [1.82, 2.24) is 4.90 Å². The molecule has 0 aliphatic carbocycles. The maximum Gasteiger partial charge on any atom is 0.129 e. The highest BCUT2D eigenvalue weighted by atomic mass is 19.1. The third-order valence-electron chi connectivity index (χ3n) is 4.04. The van der Waals surface area contributed by atoms with Crippen molar-refractivity contribution >= 4 is 0 Å². The zero-order valence-corrected chi connectivity index (χ0v) is 11.7. The minimum atomic E-state index is -0.723. The van der Waals surface area contributed by atoms with Gasteiger partial charge in [-0.25, -0.2) is 4.39 Å². The summed E-state index contributed by atoms with van der Waals surface area (Å²) in [5, 5.41) is 10.3. The van der Waals surface area contributed by atoms with Crippen molar-refractivity contribution in [2.24, 2.45) is 0 Å². The van der Waals surface area contributed by atoms with Crippen LogP contribution >= 0.6 is 0 Å². The van der Waals surface area contributed by atoms with Crippen LogP contribution in [0.3, 0.4) is 0 Å². The normalized spacial score (nSPS) is 22.4. The zero-order chi connectivity index (χ0) is 13.7. The largest absolute Gasteiger partial charge is 0.387 e. The number of likely N-dealkylation sites (tertiary alicyclic amines) is 1. The van der Waals surface area contributed by atoms with Crippen LogP contribution in [0.2, 0.25) is 0 Å². The molecule has 1 N–H and O–H groups in total. The summed E-state index contributed by atoms with van der Waals surface area (Å²) < 4.78 is 13.7. The Hall–Kier alpha value is -0.930. The Labute approximate surface area is 115 Å². The molecule has 0 aromatic heterocycles. The number of benzene rings is 1. The third kappa shape index (κ3) is 3.77. The van der Waals surface area contributed by atoms with Crippen LogP contribution in [0.4, 0.5) is 4.39 Å². The first-order chi connectivity index (χ1) is 9.22. The molecule has 1 aromatic carbocycles. The highest BCUT2D eigenvalue weighted by molar-refractivity contribution is 5.20. The molecular formula is C16H24FNO. The summed E-state index contributed by atoms with van der Waals surface area (Å²) in [6, 6.07) is 7.09. The van der Waals surface area contributed by atoms with E-state index in [1.165, 1.54) is 31.7 Å². The lowest BCUT2D eigenvalue weighted by atomic mass is 9.97. The number of hydrogen-bond donors (Lipinski definition) is 1. The van der Waals surface area contributed by atoms with E-state index in [0.717, 1.165) is 13.0 Å². The highest BCUT2D eigenvalue weighted by Crippen LogP contribution is 2.25. The van der Waals surface area contributed by atoms with Gasteiger partial charge in [0, 0.05) is 18.2 Å². The molecule has 0 radical (unpaired) electrons. The van der Waals surface area contributed by atoms with E-state index in [4.69, 9.17) is 0 Å². The van der Waals surface area contributed by atoms with Crippen LogP contribution in [0.5, 0.6) is 0 Å². The number of hydrogen-bond acceptors (Lipinski definition) is 2. The lowest BCUT2D eigenvalue weighted by Gasteiger charge is -2.37. The Balaban J connectivity index is 2.00. The Kier molecular flexibility index (Phi) is 5.34. The van der Waals surface area contributed by atoms with E-state index in [2.05, 4.69) is 11.8 Å². The van der Waals surface area contributed by atoms with Crippen molar-refractivity contribution in [3.63, 3.8) is 0 Å². The third-order valence-corrected chi connectivity index (χ3v) is 4.04. The van der Waals surface area contributed by atoms with Crippen LogP contribution in [0.25, 0.3) is 0 Å². The minimum absolute atomic E-state index is 0.306. The second-order valence-corrected chi connectivity index (χ2v) is 5.47. The second-order valence-electron chi connectivity index (χ2n) is 5.47. The van der Waals surface area contributed by atoms with E-state index in [9.17, 15) is 9.50 Å². The van der Waals surface area contributed by atoms with Gasteiger partial charge < -0.3 is 5.11 Å². The Bertz CT molecular complexity index is 394. The van der Waals surface area contributed by atoms with Gasteiger partial charge in [-0.05, 0) is 31.9 Å². The molecule has 1 aliphatic heterocycles. The lowest BCUT2D eigenvalue weighted by Crippen LogP contribution is -2.41. The number of aliphatic hydroxyl groups is 1. The Morgan fingerprint density at radius 2 is 2.16 bits per heavy atom. The molecule has 2 atom stereocenters. The summed E-state index contributed by atoms with van der Waals surface area (Å²) in [6.45, 7) is 3.77. The topological polar surface area (TPSA) is 23.5 Å². The Morgan fingerprint density at radius 3 is 2.89 bits per heavy atom. The van der Waals surface area contributed by atoms with Crippen LogP contribution in [0.1, 0.15) is 50.7 Å². The van der Waals surface area contributed by atoms with Gasteiger partial charge in [0.1, 0.15) is 5.82 Å². The maximum atomic E-state index is 13.7. The molecule has 1 aliphatic rings. The van der Waals surface area contributed by atoms with Crippen LogP contribution in [0.15, 0.2) is 24.3 Å². The average Bonchev–Trinajstić information content (AvgIpc) is 2.41. The molecule has 1 saturated heterocycles. The molecule has 19 heavy (non-hydrogen) atoms. The summed E-state index contributed by atoms with van der Waals surface area (Å²) >= 11 is 0. The maximum absolute atomic E-state index is 13.7. The van der Waals surface area contributed by atoms with E-state index in [0.29, 0.717) is 18.2 Å². The fraction of sp³-hybridized carbons (Fsp3) is 0.625. The first-order valence-electron chi connectivity index (χ1n) is 7.39. The predicted octanol–water partition coefficient (Wildman–Crippen LogP) is 3.51. The van der Waals surface area contributed by atoms with Crippen molar-refractivity contribution in [3.05, 3.63) is 35.6 Å². The standard InChI is InChI=1S/C16H24FNO/c1-2-7-13-8-5-6-11-18(13)12-16(19)14-9-3-4-10-15(14)17/h3-4,9-10,13,16,19H,2,5-8,11-12H2,1H3. The number of nitrogens with zero attached hydrogens (tertiary/aromatic N) is 1. The molecule has 2 unspecified atom stereocenters. The number of aliphatic hydroxyl groups excluding tert-OH is 1. The van der Waals surface area contributed by atoms with Gasteiger partial charge in [0.15, 0.2) is 0 Å². The minimum Gasteiger partial charge on any atom is -0.387 e. The SMILES string of the molecule is CCCC1CCCCN1CC(O)c1ccccc1F. The van der Waals surface area contributed by atoms with E-state index < -0.39 is 6.10 Å². The van der Waals surface area contributed by atoms with Gasteiger partial charge in [-0.1, -0.05) is 38.0 Å². The van der Waals surface area contributed by atoms with Crippen LogP contribution in [0, 0.1) is 5.82 Å². The Morgan fingerprint density at radius 1 is 1.37 bits per heavy atom. The molecule has 1 fully saturated rings. The van der Waals surface area contributed by atoms with E-state index in [1.807, 2.05) is 0 Å². The lowest BCUT2D eigenvalue weighted by molar-refractivity contribution is 0.0618. The van der Waals surface area contributed by atoms with Crippen molar-refractivity contribution in [2.45, 2.75) is 51.2 Å². The smallest absolute Gasteiger partial charge is 0.129 e. The monoisotopic (exact) mass is 265 g/mol. The van der Waals surface area contributed by atoms with Crippen LogP contribution < -0.4 is 0 Å². The summed E-state index contributed by atoms with van der Waals surface area (Å²) in [7, 11) is 0. The molecular weight excluding hydrogens is 241 g/mol. The number of halogens is 1. The highest BCUT2D eigenvalue weighted by Gasteiger charge is 2.24. The van der Waals surface area contributed by atoms with Crippen LogP contribution in [-0.2, 0) is 0 Å². The number of β-amino-alcohol motifs (C(OH)–C–C–N with tert-alkyl or cyclic N) is 1. The fourth-order valence-electron chi connectivity index (χ4n) is 3.03. The van der Waals surface area contributed by atoms with Gasteiger partial charge >= 0.3 is 0 Å². The fourth-order valence-corrected chi connectivity index (χ4v) is 3.03. The number of rotatable bonds is 5. The van der Waals surface area contributed by atoms with Gasteiger partial charge in [0.05, 0.1) is 6.10 Å². The van der Waals surface area contributed by atoms with E-state index in [-0.39, 0.29) is 5.82 Å². The molecule has 2 nitrogen and oxygen atoms in total. The first kappa shape index (κ1) is 14.5. The van der Waals surface area contributed by atoms with Gasteiger partial charge in [0.2, 0.25) is 0 Å². The van der Waals surface area contributed by atoms with E-state index >= 15 is 0 Å². The zero-order valence-electron chi connectivity index (χ0n) is 11.7. The molecule has 106 valence electrons. The van der Waals surface area contributed by atoms with Gasteiger partial charge in [0.25, 0.3) is 0 Å². The second kappa shape index (κ2) is 7.01. The van der Waals surface area contributed by atoms with Gasteiger partial charge in [-0.15, -0.1) is 0 Å². The summed E-state index contributed by atoms with van der Waals surface area (Å²) in [6.07, 6.45) is 5.28. The summed E-state index contributed by atoms with van der Waals surface area (Å²) in [5.74, 6) is -0.306. The molecule has 1 heterocycles. The molecule has 2 rings (SSSR count). The van der Waals surface area contributed by atoms with Crippen molar-refractivity contribution in [2.75, 3.05) is 13.1 Å². The molecule has 0 bridgehead atoms. The van der Waals surface area contributed by atoms with Gasteiger partial charge in [-0.2, -0.15) is 0 Å². The average molecular weight is 265 g/mol. The van der Waals surface area contributed by atoms with Crippen molar-refractivity contribution < 1.29 is 9.50 Å². The molecule has 3 heteroatoms. The molecule has 0 spiro atoms. The summed E-state index contributed by atoms with van der Waals surface area (Å²) in [4.78, 5) is 2.34. The van der Waals surface area contributed by atoms with E-state index in [1.54, 1.807) is 18.2 Å². The molecule has 0 amide bonds. The van der Waals surface area contributed by atoms with Crippen molar-refractivity contribution in [3.8, 4) is 0 Å². The van der Waals surface area contributed by atoms with Gasteiger partial charge in [-0.3, -0.25) is 4.90 Å². The van der Waals surface area contributed by atoms with Crippen LogP contribution in [-0.4, -0.2) is 29.1 Å². The first-order valence-corrected chi connectivity index (χ1v) is 7.39. The van der Waals surface area contributed by atoms with Crippen molar-refractivity contribution in [1.29, 1.82) is 0 Å². The number of piperidine rings is 1. The molecule has 0 saturated carbocycles. The molecule has 1 aromatic rings. The summed E-state index contributed by atoms with van der Waals surface area (Å²) in [5.41, 5.74) is 0.420. The predicted molar refractivity (Wildman–Crippen MR) is 75.5 cm³/mol. The quantitative estimate of drug-likeness (QED) is 0.880.